The number of nitrogens with zero attached hydrogens (tertiary/aromatic N) is 5. The quantitative estimate of drug-likeness (QED) is 0.0890. The lowest BCUT2D eigenvalue weighted by molar-refractivity contribution is -0.176. The van der Waals surface area contributed by atoms with E-state index in [1.165, 1.54) is 36.9 Å². The fourth-order valence-electron chi connectivity index (χ4n) is 7.95. The number of hydrogen-bond acceptors (Lipinski definition) is 8. The molecule has 5 aromatic rings. The van der Waals surface area contributed by atoms with Gasteiger partial charge in [0.25, 0.3) is 11.8 Å². The Balaban J connectivity index is 1.42. The fraction of sp³-hybridized carbons (Fsp3) is 0.385. The monoisotopic (exact) mass is 916 g/mol. The first-order chi connectivity index (χ1) is 28.6. The summed E-state index contributed by atoms with van der Waals surface area (Å²) in [4.78, 5) is 18.6. The fourth-order valence-corrected chi connectivity index (χ4v) is 8.69. The Bertz CT molecular complexity index is 2830. The van der Waals surface area contributed by atoms with E-state index in [1.807, 2.05) is 0 Å². The van der Waals surface area contributed by atoms with E-state index in [-0.39, 0.29) is 60.2 Å². The normalized spacial score (nSPS) is 19.3. The average molecular weight is 917 g/mol. The first-order valence-corrected chi connectivity index (χ1v) is 20.7. The van der Waals surface area contributed by atoms with E-state index in [0.717, 1.165) is 25.3 Å². The zero-order valence-electron chi connectivity index (χ0n) is 32.7. The largest absolute Gasteiger partial charge is 0.435 e. The van der Waals surface area contributed by atoms with E-state index in [0.29, 0.717) is 6.07 Å². The highest BCUT2D eigenvalue weighted by molar-refractivity contribution is 7.92. The molecule has 1 amide bonds. The number of nitrogen functional groups attached to an aromatic ring is 1. The van der Waals surface area contributed by atoms with Gasteiger partial charge in [-0.2, -0.15) is 32.1 Å². The number of aryl methyl sites for hydroxylation is 1. The molecule has 23 heteroatoms. The van der Waals surface area contributed by atoms with Gasteiger partial charge in [-0.25, -0.2) is 31.0 Å². The second kappa shape index (κ2) is 15.1. The highest BCUT2D eigenvalue weighted by Crippen LogP contribution is 2.55. The van der Waals surface area contributed by atoms with Gasteiger partial charge in [0.05, 0.1) is 52.4 Å². The van der Waals surface area contributed by atoms with Crippen LogP contribution in [0.15, 0.2) is 36.4 Å². The number of sulfonamides is 1. The average Bonchev–Trinajstić information content (AvgIpc) is 3.71. The van der Waals surface area contributed by atoms with Crippen molar-refractivity contribution in [2.75, 3.05) is 16.7 Å². The number of carbonyl (C=O) groups is 1. The van der Waals surface area contributed by atoms with Gasteiger partial charge in [0.15, 0.2) is 11.5 Å². The number of amides is 1. The smallest absolute Gasteiger partial charge is 0.396 e. The van der Waals surface area contributed by atoms with E-state index in [1.54, 1.807) is 0 Å². The Labute approximate surface area is 351 Å². The molecule has 62 heavy (non-hydrogen) atoms. The molecule has 1 saturated carbocycles. The van der Waals surface area contributed by atoms with E-state index in [4.69, 9.17) is 17.3 Å². The zero-order chi connectivity index (χ0) is 45.6. The van der Waals surface area contributed by atoms with Gasteiger partial charge in [-0.15, -0.1) is 0 Å². The predicted octanol–water partition coefficient (Wildman–Crippen LogP) is 7.19. The molecule has 2 aliphatic carbocycles. The third-order valence-electron chi connectivity index (χ3n) is 10.8. The SMILES string of the molecule is C[C@@H]1c2c(C(F)(F)F)nn(CC(=O)N[C@@H](Cc3cc(F)cc(F)c3)c3nc(C#CC4(O)CC(F)(F)C4)c(N)cc3-c3ccc(Cl)c4c(NS(C)(=O)=O)nn(C)c34)c2C(F)(F)[C@@H]1C. The van der Waals surface area contributed by atoms with Crippen molar-refractivity contribution in [3.63, 3.8) is 0 Å². The zero-order valence-corrected chi connectivity index (χ0v) is 34.3. The van der Waals surface area contributed by atoms with Gasteiger partial charge < -0.3 is 16.2 Å². The lowest BCUT2D eigenvalue weighted by atomic mass is 9.77. The summed E-state index contributed by atoms with van der Waals surface area (Å²) < 4.78 is 159. The minimum atomic E-state index is -5.18. The van der Waals surface area contributed by atoms with Crippen molar-refractivity contribution in [2.24, 2.45) is 13.0 Å². The first-order valence-electron chi connectivity index (χ1n) is 18.4. The number of anilines is 2. The number of aromatic nitrogens is 5. The van der Waals surface area contributed by atoms with Crippen molar-refractivity contribution in [1.29, 1.82) is 0 Å². The van der Waals surface area contributed by atoms with Crippen LogP contribution in [-0.2, 0) is 46.9 Å². The molecule has 5 N–H and O–H groups in total. The maximum Gasteiger partial charge on any atom is 0.435 e. The summed E-state index contributed by atoms with van der Waals surface area (Å²) in [7, 11) is -2.51. The molecule has 0 spiro atoms. The molecule has 0 bridgehead atoms. The van der Waals surface area contributed by atoms with Crippen molar-refractivity contribution in [1.82, 2.24) is 29.9 Å². The minimum absolute atomic E-state index is 0.00372. The number of alkyl halides is 7. The maximum atomic E-state index is 15.6. The molecule has 3 atom stereocenters. The molecule has 3 heterocycles. The number of hydrogen-bond donors (Lipinski definition) is 4. The topological polar surface area (TPSA) is 170 Å². The van der Waals surface area contributed by atoms with Crippen molar-refractivity contribution < 1.29 is 57.8 Å². The van der Waals surface area contributed by atoms with Crippen LogP contribution in [0, 0.1) is 29.4 Å². The van der Waals surface area contributed by atoms with Gasteiger partial charge in [-0.05, 0) is 48.1 Å². The summed E-state index contributed by atoms with van der Waals surface area (Å²) in [6, 6.07) is 4.80. The third-order valence-corrected chi connectivity index (χ3v) is 11.7. The number of nitrogens with two attached hydrogens (primary N) is 1. The number of carbonyl (C=O) groups excluding carboxylic acids is 1. The van der Waals surface area contributed by atoms with Crippen molar-refractivity contribution >= 4 is 49.9 Å². The molecule has 0 aliphatic heterocycles. The standard InChI is InChI=1S/C39H34ClF9N8O4S/c1-17-18(2)38(45,46)34-29(17)33(39(47,48)49)53-57(34)14-28(58)51-27(11-19-9-20(41)12-21(42)10-19)31-23(13-25(50)26(52-31)7-8-36(59)15-37(43,44)16-36)22-5-6-24(40)30-32(22)56(3)54-35(30)55-62(4,60)61/h5-6,9-10,12-13,17-18,27,59H,11,14-16,50H2,1-4H3,(H,51,58)(H,54,55)/t17-,18+,27-/m0/s1. The highest BCUT2D eigenvalue weighted by Gasteiger charge is 2.58. The molecule has 0 radical (unpaired) electrons. The molecule has 7 rings (SSSR count). The van der Waals surface area contributed by atoms with Crippen LogP contribution in [0.3, 0.4) is 0 Å². The second-order valence-corrected chi connectivity index (χ2v) is 17.7. The van der Waals surface area contributed by atoms with Crippen LogP contribution >= 0.6 is 11.6 Å². The van der Waals surface area contributed by atoms with Gasteiger partial charge in [-0.1, -0.05) is 37.4 Å². The molecule has 1 fully saturated rings. The summed E-state index contributed by atoms with van der Waals surface area (Å²) in [5.74, 6) is -8.73. The number of rotatable bonds is 9. The van der Waals surface area contributed by atoms with Gasteiger partial charge in [-0.3, -0.25) is 18.9 Å². The van der Waals surface area contributed by atoms with Crippen LogP contribution in [0.1, 0.15) is 72.6 Å². The Morgan fingerprint density at radius 2 is 1.71 bits per heavy atom. The van der Waals surface area contributed by atoms with Crippen molar-refractivity contribution in [3.8, 4) is 23.0 Å². The van der Waals surface area contributed by atoms with E-state index in [9.17, 15) is 49.1 Å². The lowest BCUT2D eigenvalue weighted by Gasteiger charge is -2.39. The molecule has 2 aromatic carbocycles. The molecule has 2 aliphatic rings. The molecular weight excluding hydrogens is 883 g/mol. The Kier molecular flexibility index (Phi) is 10.8. The van der Waals surface area contributed by atoms with Gasteiger partial charge >= 0.3 is 6.18 Å². The van der Waals surface area contributed by atoms with Gasteiger partial charge in [0, 0.05) is 35.7 Å². The molecule has 330 valence electrons. The second-order valence-electron chi connectivity index (χ2n) is 15.6. The Hall–Kier alpha value is -5.53. The summed E-state index contributed by atoms with van der Waals surface area (Å²) in [5.41, 5.74) is 0.0673. The summed E-state index contributed by atoms with van der Waals surface area (Å²) in [5, 5.41) is 20.8. The molecular formula is C39H34ClF9N8O4S. The summed E-state index contributed by atoms with van der Waals surface area (Å²) in [6.07, 6.45) is -6.90. The number of pyridine rings is 1. The number of benzene rings is 2. The van der Waals surface area contributed by atoms with E-state index in [2.05, 4.69) is 37.1 Å². The van der Waals surface area contributed by atoms with Gasteiger partial charge in [0.2, 0.25) is 15.9 Å². The summed E-state index contributed by atoms with van der Waals surface area (Å²) >= 11 is 6.55. The molecule has 0 unspecified atom stereocenters. The maximum absolute atomic E-state index is 15.6. The molecule has 0 saturated heterocycles. The lowest BCUT2D eigenvalue weighted by Crippen LogP contribution is -2.50. The van der Waals surface area contributed by atoms with Crippen LogP contribution in [-0.4, -0.2) is 61.8 Å². The van der Waals surface area contributed by atoms with Crippen LogP contribution in [0.2, 0.25) is 5.02 Å². The van der Waals surface area contributed by atoms with E-state index >= 15 is 8.78 Å². The Morgan fingerprint density at radius 1 is 1.06 bits per heavy atom. The van der Waals surface area contributed by atoms with Crippen LogP contribution < -0.4 is 15.8 Å². The van der Waals surface area contributed by atoms with Crippen LogP contribution in [0.25, 0.3) is 22.0 Å². The third kappa shape index (κ3) is 8.36. The van der Waals surface area contributed by atoms with Crippen LogP contribution in [0.5, 0.6) is 0 Å². The number of halogens is 10. The summed E-state index contributed by atoms with van der Waals surface area (Å²) in [6.45, 7) is 1.02. The van der Waals surface area contributed by atoms with E-state index < -0.39 is 112 Å². The first kappa shape index (κ1) is 44.5. The number of fused-ring (bicyclic) bond motifs is 2. The Morgan fingerprint density at radius 3 is 2.31 bits per heavy atom. The number of aliphatic hydroxyl groups is 1. The van der Waals surface area contributed by atoms with Crippen molar-refractivity contribution in [2.45, 2.75) is 75.2 Å². The molecule has 12 nitrogen and oxygen atoms in total. The molecule has 3 aromatic heterocycles. The predicted molar refractivity (Wildman–Crippen MR) is 207 cm³/mol. The minimum Gasteiger partial charge on any atom is -0.396 e. The highest BCUT2D eigenvalue weighted by atomic mass is 35.5. The van der Waals surface area contributed by atoms with Crippen LogP contribution in [0.4, 0.5) is 51.0 Å². The number of nitrogens with one attached hydrogen (secondary N) is 2. The van der Waals surface area contributed by atoms with Crippen molar-refractivity contribution in [3.05, 3.63) is 87.0 Å². The van der Waals surface area contributed by atoms with Gasteiger partial charge in [0.1, 0.15) is 35.2 Å².